The molecular weight excluding hydrogens is 229 g/mol. The van der Waals surface area contributed by atoms with Gasteiger partial charge in [0.05, 0.1) is 11.3 Å². The summed E-state index contributed by atoms with van der Waals surface area (Å²) in [5.74, 6) is -0.331. The molecule has 0 aliphatic heterocycles. The van der Waals surface area contributed by atoms with Crippen LogP contribution in [-0.2, 0) is 15.6 Å². The van der Waals surface area contributed by atoms with Crippen LogP contribution >= 0.6 is 0 Å². The molecule has 0 saturated heterocycles. The second-order valence-electron chi connectivity index (χ2n) is 4.07. The monoisotopic (exact) mass is 243 g/mol. The topological polar surface area (TPSA) is 46.2 Å². The Morgan fingerprint density at radius 3 is 2.50 bits per heavy atom. The van der Waals surface area contributed by atoms with Crippen LogP contribution in [0.5, 0.6) is 0 Å². The van der Waals surface area contributed by atoms with E-state index in [-0.39, 0.29) is 11.6 Å². The smallest absolute Gasteiger partial charge is 0.212 e. The summed E-state index contributed by atoms with van der Waals surface area (Å²) in [5.41, 5.74) is -0.243. The van der Waals surface area contributed by atoms with Gasteiger partial charge in [0.1, 0.15) is 5.82 Å². The Labute approximate surface area is 94.7 Å². The van der Waals surface area contributed by atoms with Crippen molar-refractivity contribution in [1.29, 1.82) is 0 Å². The number of nitrogens with one attached hydrogen (secondary N) is 1. The largest absolute Gasteiger partial charge is 0.212 e. The quantitative estimate of drug-likeness (QED) is 0.875. The molecule has 3 nitrogen and oxygen atoms in total. The van der Waals surface area contributed by atoms with E-state index in [0.29, 0.717) is 18.4 Å². The standard InChI is InChI=1S/C11H14FNO2S/c1-2-16(14,15)13-11(7-8-11)9-5-3-4-6-10(9)12/h3-6,13H,2,7-8H2,1H3. The van der Waals surface area contributed by atoms with Crippen molar-refractivity contribution in [1.82, 2.24) is 4.72 Å². The highest BCUT2D eigenvalue weighted by Crippen LogP contribution is 2.46. The van der Waals surface area contributed by atoms with Gasteiger partial charge in [0.2, 0.25) is 10.0 Å². The molecule has 88 valence electrons. The summed E-state index contributed by atoms with van der Waals surface area (Å²) >= 11 is 0. The summed E-state index contributed by atoms with van der Waals surface area (Å²) in [6.45, 7) is 1.57. The molecule has 1 N–H and O–H groups in total. The van der Waals surface area contributed by atoms with Gasteiger partial charge in [-0.3, -0.25) is 0 Å². The van der Waals surface area contributed by atoms with Crippen molar-refractivity contribution in [3.8, 4) is 0 Å². The highest BCUT2D eigenvalue weighted by atomic mass is 32.2. The van der Waals surface area contributed by atoms with Crippen LogP contribution in [-0.4, -0.2) is 14.2 Å². The van der Waals surface area contributed by atoms with E-state index in [0.717, 1.165) is 0 Å². The molecule has 0 bridgehead atoms. The van der Waals surface area contributed by atoms with Crippen molar-refractivity contribution in [3.63, 3.8) is 0 Å². The predicted octanol–water partition coefficient (Wildman–Crippen LogP) is 1.75. The van der Waals surface area contributed by atoms with Gasteiger partial charge in [0.15, 0.2) is 0 Å². The van der Waals surface area contributed by atoms with Gasteiger partial charge in [0, 0.05) is 5.56 Å². The van der Waals surface area contributed by atoms with Gasteiger partial charge in [-0.05, 0) is 25.8 Å². The summed E-state index contributed by atoms with van der Waals surface area (Å²) in [5, 5.41) is 0. The minimum Gasteiger partial charge on any atom is -0.212 e. The Hall–Kier alpha value is -0.940. The molecule has 0 spiro atoms. The SMILES string of the molecule is CCS(=O)(=O)NC1(c2ccccc2F)CC1. The lowest BCUT2D eigenvalue weighted by molar-refractivity contribution is 0.528. The number of halogens is 1. The van der Waals surface area contributed by atoms with Crippen molar-refractivity contribution >= 4 is 10.0 Å². The van der Waals surface area contributed by atoms with Crippen molar-refractivity contribution in [2.75, 3.05) is 5.75 Å². The van der Waals surface area contributed by atoms with Gasteiger partial charge < -0.3 is 0 Å². The van der Waals surface area contributed by atoms with Crippen molar-refractivity contribution in [3.05, 3.63) is 35.6 Å². The molecule has 0 atom stereocenters. The van der Waals surface area contributed by atoms with Gasteiger partial charge >= 0.3 is 0 Å². The second kappa shape index (κ2) is 3.82. The molecule has 0 amide bonds. The van der Waals surface area contributed by atoms with E-state index in [1.54, 1.807) is 25.1 Å². The first kappa shape index (κ1) is 11.5. The maximum Gasteiger partial charge on any atom is 0.212 e. The number of sulfonamides is 1. The fourth-order valence-corrected chi connectivity index (χ4v) is 2.82. The van der Waals surface area contributed by atoms with Crippen molar-refractivity contribution < 1.29 is 12.8 Å². The summed E-state index contributed by atoms with van der Waals surface area (Å²) in [4.78, 5) is 0. The first-order valence-electron chi connectivity index (χ1n) is 5.26. The molecule has 16 heavy (non-hydrogen) atoms. The minimum atomic E-state index is -3.30. The maximum absolute atomic E-state index is 13.6. The summed E-state index contributed by atoms with van der Waals surface area (Å²) < 4.78 is 39.2. The molecule has 1 fully saturated rings. The third-order valence-electron chi connectivity index (χ3n) is 2.87. The van der Waals surface area contributed by atoms with E-state index in [9.17, 15) is 12.8 Å². The third kappa shape index (κ3) is 2.10. The number of benzene rings is 1. The normalized spacial score (nSPS) is 18.4. The summed E-state index contributed by atoms with van der Waals surface area (Å²) in [6, 6.07) is 6.32. The van der Waals surface area contributed by atoms with Crippen molar-refractivity contribution in [2.45, 2.75) is 25.3 Å². The molecule has 1 aromatic rings. The first-order chi connectivity index (χ1) is 7.49. The van der Waals surface area contributed by atoms with E-state index in [1.165, 1.54) is 6.07 Å². The summed E-state index contributed by atoms with van der Waals surface area (Å²) in [7, 11) is -3.30. The number of rotatable bonds is 4. The Morgan fingerprint density at radius 2 is 2.00 bits per heavy atom. The zero-order valence-corrected chi connectivity index (χ0v) is 9.85. The fraction of sp³-hybridized carbons (Fsp3) is 0.455. The van der Waals surface area contributed by atoms with Crippen LogP contribution in [0.3, 0.4) is 0 Å². The lowest BCUT2D eigenvalue weighted by Gasteiger charge is -2.17. The van der Waals surface area contributed by atoms with Crippen LogP contribution < -0.4 is 4.72 Å². The van der Waals surface area contributed by atoms with E-state index >= 15 is 0 Å². The highest BCUT2D eigenvalue weighted by Gasteiger charge is 2.48. The van der Waals surface area contributed by atoms with E-state index in [1.807, 2.05) is 0 Å². The minimum absolute atomic E-state index is 0.0171. The lowest BCUT2D eigenvalue weighted by Crippen LogP contribution is -2.36. The van der Waals surface area contributed by atoms with E-state index < -0.39 is 15.6 Å². The number of hydrogen-bond acceptors (Lipinski definition) is 2. The molecule has 0 unspecified atom stereocenters. The Bertz CT molecular complexity index is 494. The number of hydrogen-bond donors (Lipinski definition) is 1. The highest BCUT2D eigenvalue weighted by molar-refractivity contribution is 7.89. The summed E-state index contributed by atoms with van der Waals surface area (Å²) in [6.07, 6.45) is 1.32. The zero-order valence-electron chi connectivity index (χ0n) is 9.03. The van der Waals surface area contributed by atoms with Crippen LogP contribution in [0.15, 0.2) is 24.3 Å². The molecular formula is C11H14FNO2S. The molecule has 0 aromatic heterocycles. The molecule has 1 aliphatic rings. The van der Waals surface area contributed by atoms with Gasteiger partial charge in [0.25, 0.3) is 0 Å². The Kier molecular flexibility index (Phi) is 2.75. The average Bonchev–Trinajstić information content (AvgIpc) is 2.99. The molecule has 1 aliphatic carbocycles. The molecule has 5 heteroatoms. The van der Waals surface area contributed by atoms with Crippen LogP contribution in [0.2, 0.25) is 0 Å². The molecule has 0 heterocycles. The van der Waals surface area contributed by atoms with Crippen LogP contribution in [0.1, 0.15) is 25.3 Å². The van der Waals surface area contributed by atoms with Crippen LogP contribution in [0, 0.1) is 5.82 Å². The molecule has 2 rings (SSSR count). The van der Waals surface area contributed by atoms with Gasteiger partial charge in [-0.25, -0.2) is 17.5 Å². The molecule has 1 saturated carbocycles. The third-order valence-corrected chi connectivity index (χ3v) is 4.33. The van der Waals surface area contributed by atoms with Gasteiger partial charge in [-0.1, -0.05) is 18.2 Å². The van der Waals surface area contributed by atoms with Crippen LogP contribution in [0.4, 0.5) is 4.39 Å². The Morgan fingerprint density at radius 1 is 1.38 bits per heavy atom. The lowest BCUT2D eigenvalue weighted by atomic mass is 10.1. The molecule has 0 radical (unpaired) electrons. The van der Waals surface area contributed by atoms with E-state index in [2.05, 4.69) is 4.72 Å². The second-order valence-corrected chi connectivity index (χ2v) is 6.08. The van der Waals surface area contributed by atoms with Crippen molar-refractivity contribution in [2.24, 2.45) is 0 Å². The molecule has 1 aromatic carbocycles. The van der Waals surface area contributed by atoms with Crippen LogP contribution in [0.25, 0.3) is 0 Å². The zero-order chi connectivity index (χ0) is 11.8. The maximum atomic E-state index is 13.6. The van der Waals surface area contributed by atoms with Gasteiger partial charge in [-0.2, -0.15) is 0 Å². The fourth-order valence-electron chi connectivity index (χ4n) is 1.77. The van der Waals surface area contributed by atoms with Gasteiger partial charge in [-0.15, -0.1) is 0 Å². The predicted molar refractivity (Wildman–Crippen MR) is 59.9 cm³/mol. The van der Waals surface area contributed by atoms with E-state index in [4.69, 9.17) is 0 Å². The first-order valence-corrected chi connectivity index (χ1v) is 6.91. The Balaban J connectivity index is 2.31. The average molecular weight is 243 g/mol.